The molecule has 1 aromatic heterocycles. The van der Waals surface area contributed by atoms with Crippen LogP contribution < -0.4 is 5.32 Å². The molecule has 0 amide bonds. The summed E-state index contributed by atoms with van der Waals surface area (Å²) in [6.45, 7) is 4.90. The highest BCUT2D eigenvalue weighted by Crippen LogP contribution is 2.21. The molecule has 0 bridgehead atoms. The molecule has 0 unspecified atom stereocenters. The molecule has 1 aliphatic carbocycles. The smallest absolute Gasteiger partial charge is 0.143 e. The molecule has 0 spiro atoms. The van der Waals surface area contributed by atoms with Gasteiger partial charge in [0.1, 0.15) is 5.82 Å². The second-order valence-corrected chi connectivity index (χ2v) is 5.34. The topological polar surface area (TPSA) is 37.8 Å². The number of aromatic nitrogens is 2. The molecule has 98 valence electrons. The van der Waals surface area contributed by atoms with Crippen LogP contribution in [0.5, 0.6) is 0 Å². The van der Waals surface area contributed by atoms with E-state index in [2.05, 4.69) is 52.5 Å². The first kappa shape index (κ1) is 12.3. The summed E-state index contributed by atoms with van der Waals surface area (Å²) in [4.78, 5) is 9.18. The molecule has 0 saturated heterocycles. The Bertz CT molecular complexity index is 588. The van der Waals surface area contributed by atoms with Crippen LogP contribution >= 0.6 is 0 Å². The normalized spacial score (nSPS) is 14.6. The molecule has 1 saturated carbocycles. The molecule has 0 atom stereocenters. The summed E-state index contributed by atoms with van der Waals surface area (Å²) in [6.07, 6.45) is 2.58. The van der Waals surface area contributed by atoms with Crippen molar-refractivity contribution < 1.29 is 0 Å². The van der Waals surface area contributed by atoms with Crippen molar-refractivity contribution in [1.82, 2.24) is 15.3 Å². The minimum atomic E-state index is 0.687. The molecule has 3 rings (SSSR count). The van der Waals surface area contributed by atoms with Crippen LogP contribution in [0, 0.1) is 13.8 Å². The molecule has 3 nitrogen and oxygen atoms in total. The first-order valence-corrected chi connectivity index (χ1v) is 6.86. The number of nitrogens with zero attached hydrogens (tertiary/aromatic N) is 2. The van der Waals surface area contributed by atoms with Crippen LogP contribution in [0.1, 0.15) is 29.9 Å². The molecule has 3 heteroatoms. The molecule has 1 N–H and O–H groups in total. The summed E-state index contributed by atoms with van der Waals surface area (Å²) < 4.78 is 0. The van der Waals surface area contributed by atoms with E-state index in [-0.39, 0.29) is 0 Å². The van der Waals surface area contributed by atoms with Crippen molar-refractivity contribution in [3.8, 4) is 11.3 Å². The van der Waals surface area contributed by atoms with E-state index in [9.17, 15) is 0 Å². The zero-order valence-corrected chi connectivity index (χ0v) is 11.5. The maximum Gasteiger partial charge on any atom is 0.143 e. The fraction of sp³-hybridized carbons (Fsp3) is 0.375. The Kier molecular flexibility index (Phi) is 3.30. The summed E-state index contributed by atoms with van der Waals surface area (Å²) in [5.74, 6) is 0.892. The maximum absolute atomic E-state index is 4.67. The predicted molar refractivity (Wildman–Crippen MR) is 76.8 cm³/mol. The third-order valence-corrected chi connectivity index (χ3v) is 3.34. The van der Waals surface area contributed by atoms with Gasteiger partial charge in [-0.25, -0.2) is 9.97 Å². The van der Waals surface area contributed by atoms with Crippen LogP contribution in [-0.4, -0.2) is 16.0 Å². The van der Waals surface area contributed by atoms with Crippen molar-refractivity contribution in [3.05, 3.63) is 47.4 Å². The van der Waals surface area contributed by atoms with Gasteiger partial charge in [0.2, 0.25) is 0 Å². The number of benzene rings is 1. The minimum absolute atomic E-state index is 0.687. The Labute approximate surface area is 114 Å². The van der Waals surface area contributed by atoms with Gasteiger partial charge in [-0.3, -0.25) is 0 Å². The van der Waals surface area contributed by atoms with Gasteiger partial charge in [0.25, 0.3) is 0 Å². The third kappa shape index (κ3) is 3.18. The molecule has 1 fully saturated rings. The van der Waals surface area contributed by atoms with Crippen molar-refractivity contribution in [1.29, 1.82) is 0 Å². The highest BCUT2D eigenvalue weighted by molar-refractivity contribution is 5.60. The Morgan fingerprint density at radius 1 is 1.16 bits per heavy atom. The average molecular weight is 253 g/mol. The summed E-state index contributed by atoms with van der Waals surface area (Å²) in [5, 5.41) is 3.47. The number of nitrogens with one attached hydrogen (secondary N) is 1. The van der Waals surface area contributed by atoms with Crippen LogP contribution in [0.4, 0.5) is 0 Å². The lowest BCUT2D eigenvalue weighted by molar-refractivity contribution is 0.656. The largest absolute Gasteiger partial charge is 0.307 e. The lowest BCUT2D eigenvalue weighted by Gasteiger charge is -2.07. The van der Waals surface area contributed by atoms with Gasteiger partial charge in [-0.15, -0.1) is 0 Å². The van der Waals surface area contributed by atoms with Crippen LogP contribution in [-0.2, 0) is 6.54 Å². The zero-order chi connectivity index (χ0) is 13.2. The number of hydrogen-bond acceptors (Lipinski definition) is 3. The van der Waals surface area contributed by atoms with E-state index in [1.54, 1.807) is 0 Å². The van der Waals surface area contributed by atoms with E-state index in [0.717, 1.165) is 29.3 Å². The molecule has 2 aromatic rings. The SMILES string of the molecule is Cc1cccc(-c2cc(C)nc(CNC3CC3)n2)c1. The van der Waals surface area contributed by atoms with Crippen molar-refractivity contribution in [3.63, 3.8) is 0 Å². The van der Waals surface area contributed by atoms with Gasteiger partial charge in [-0.2, -0.15) is 0 Å². The van der Waals surface area contributed by atoms with E-state index in [0.29, 0.717) is 6.04 Å². The van der Waals surface area contributed by atoms with E-state index >= 15 is 0 Å². The summed E-state index contributed by atoms with van der Waals surface area (Å²) in [7, 11) is 0. The van der Waals surface area contributed by atoms with E-state index < -0.39 is 0 Å². The van der Waals surface area contributed by atoms with Crippen molar-refractivity contribution in [2.24, 2.45) is 0 Å². The van der Waals surface area contributed by atoms with Gasteiger partial charge < -0.3 is 5.32 Å². The Morgan fingerprint density at radius 3 is 2.74 bits per heavy atom. The Hall–Kier alpha value is -1.74. The Morgan fingerprint density at radius 2 is 2.00 bits per heavy atom. The molecule has 19 heavy (non-hydrogen) atoms. The zero-order valence-electron chi connectivity index (χ0n) is 11.5. The van der Waals surface area contributed by atoms with Gasteiger partial charge in [0.15, 0.2) is 0 Å². The minimum Gasteiger partial charge on any atom is -0.307 e. The van der Waals surface area contributed by atoms with Gasteiger partial charge in [-0.1, -0.05) is 23.8 Å². The van der Waals surface area contributed by atoms with Crippen molar-refractivity contribution in [2.45, 2.75) is 39.3 Å². The molecular formula is C16H19N3. The van der Waals surface area contributed by atoms with Crippen LogP contribution in [0.3, 0.4) is 0 Å². The van der Waals surface area contributed by atoms with Crippen LogP contribution in [0.15, 0.2) is 30.3 Å². The highest BCUT2D eigenvalue weighted by Gasteiger charge is 2.20. The summed E-state index contributed by atoms with van der Waals surface area (Å²) >= 11 is 0. The maximum atomic E-state index is 4.67. The van der Waals surface area contributed by atoms with Crippen LogP contribution in [0.2, 0.25) is 0 Å². The number of rotatable bonds is 4. The quantitative estimate of drug-likeness (QED) is 0.910. The van der Waals surface area contributed by atoms with E-state index in [1.165, 1.54) is 18.4 Å². The lowest BCUT2D eigenvalue weighted by Crippen LogP contribution is -2.17. The fourth-order valence-electron chi connectivity index (χ4n) is 2.18. The van der Waals surface area contributed by atoms with Crippen molar-refractivity contribution in [2.75, 3.05) is 0 Å². The molecular weight excluding hydrogens is 234 g/mol. The predicted octanol–water partition coefficient (Wildman–Crippen LogP) is 3.01. The van der Waals surface area contributed by atoms with Crippen molar-refractivity contribution >= 4 is 0 Å². The van der Waals surface area contributed by atoms with Gasteiger partial charge in [-0.05, 0) is 38.8 Å². The Balaban J connectivity index is 1.87. The average Bonchev–Trinajstić information content (AvgIpc) is 3.20. The third-order valence-electron chi connectivity index (χ3n) is 3.34. The van der Waals surface area contributed by atoms with Gasteiger partial charge in [0.05, 0.1) is 12.2 Å². The lowest BCUT2D eigenvalue weighted by atomic mass is 10.1. The standard InChI is InChI=1S/C16H19N3/c1-11-4-3-5-13(8-11)15-9-12(2)18-16(19-15)10-17-14-6-7-14/h3-5,8-9,14,17H,6-7,10H2,1-2H3. The monoisotopic (exact) mass is 253 g/mol. The first-order chi connectivity index (χ1) is 9.20. The molecule has 0 aliphatic heterocycles. The second kappa shape index (κ2) is 5.10. The van der Waals surface area contributed by atoms with Crippen LogP contribution in [0.25, 0.3) is 11.3 Å². The van der Waals surface area contributed by atoms with E-state index in [4.69, 9.17) is 0 Å². The summed E-state index contributed by atoms with van der Waals surface area (Å²) in [5.41, 5.74) is 4.47. The van der Waals surface area contributed by atoms with E-state index in [1.807, 2.05) is 6.92 Å². The fourth-order valence-corrected chi connectivity index (χ4v) is 2.18. The second-order valence-electron chi connectivity index (χ2n) is 5.34. The van der Waals surface area contributed by atoms with Gasteiger partial charge >= 0.3 is 0 Å². The highest BCUT2D eigenvalue weighted by atomic mass is 15.0. The summed E-state index contributed by atoms with van der Waals surface area (Å²) in [6, 6.07) is 11.2. The van der Waals surface area contributed by atoms with Gasteiger partial charge in [0, 0.05) is 17.3 Å². The first-order valence-electron chi connectivity index (χ1n) is 6.86. The number of hydrogen-bond donors (Lipinski definition) is 1. The molecule has 1 aromatic carbocycles. The molecule has 1 aliphatic rings. The molecule has 0 radical (unpaired) electrons. The molecule has 1 heterocycles. The number of aryl methyl sites for hydroxylation is 2.